The molecule has 1 N–H and O–H groups in total. The Hall–Kier alpha value is -2.87. The van der Waals surface area contributed by atoms with Gasteiger partial charge in [0.1, 0.15) is 5.82 Å². The monoisotopic (exact) mass is 374 g/mol. The van der Waals surface area contributed by atoms with E-state index in [2.05, 4.69) is 5.10 Å². The highest BCUT2D eigenvalue weighted by Crippen LogP contribution is 2.15. The maximum Gasteiger partial charge on any atom is 0.280 e. The summed E-state index contributed by atoms with van der Waals surface area (Å²) in [6, 6.07) is 7.03. The Morgan fingerprint density at radius 3 is 2.48 bits per heavy atom. The fourth-order valence-corrected chi connectivity index (χ4v) is 3.27. The van der Waals surface area contributed by atoms with Crippen LogP contribution in [0.15, 0.2) is 39.9 Å². The molecule has 0 aliphatic carbocycles. The SMILES string of the molecule is CCc1c2c(=O)n(-c3ccc(F)cc3)[nH]c2cc(=O)n1N(CC)CCOC. The van der Waals surface area contributed by atoms with Crippen molar-refractivity contribution in [3.05, 3.63) is 62.6 Å². The smallest absolute Gasteiger partial charge is 0.280 e. The Kier molecular flexibility index (Phi) is 5.46. The Morgan fingerprint density at radius 2 is 1.89 bits per heavy atom. The zero-order chi connectivity index (χ0) is 19.6. The molecule has 3 aromatic rings. The Labute approximate surface area is 155 Å². The summed E-state index contributed by atoms with van der Waals surface area (Å²) in [5.74, 6) is -0.381. The molecule has 0 aliphatic heterocycles. The van der Waals surface area contributed by atoms with Crippen LogP contribution in [-0.4, -0.2) is 41.3 Å². The van der Waals surface area contributed by atoms with E-state index >= 15 is 0 Å². The number of rotatable bonds is 7. The molecule has 0 radical (unpaired) electrons. The molecule has 0 bridgehead atoms. The number of ether oxygens (including phenoxy) is 1. The second-order valence-electron chi connectivity index (χ2n) is 6.15. The van der Waals surface area contributed by atoms with Gasteiger partial charge in [0.15, 0.2) is 0 Å². The van der Waals surface area contributed by atoms with Gasteiger partial charge in [-0.15, -0.1) is 0 Å². The molecular weight excluding hydrogens is 351 g/mol. The Bertz CT molecular complexity index is 1050. The number of aryl methyl sites for hydroxylation is 1. The van der Waals surface area contributed by atoms with Crippen LogP contribution in [0.4, 0.5) is 4.39 Å². The summed E-state index contributed by atoms with van der Waals surface area (Å²) in [5, 5.41) is 5.28. The molecule has 7 nitrogen and oxygen atoms in total. The van der Waals surface area contributed by atoms with Crippen LogP contribution in [0.25, 0.3) is 16.6 Å². The van der Waals surface area contributed by atoms with E-state index in [0.717, 1.165) is 0 Å². The van der Waals surface area contributed by atoms with Crippen LogP contribution in [0.5, 0.6) is 0 Å². The Balaban J connectivity index is 2.24. The van der Waals surface area contributed by atoms with E-state index in [-0.39, 0.29) is 16.9 Å². The molecule has 0 unspecified atom stereocenters. The third kappa shape index (κ3) is 3.40. The van der Waals surface area contributed by atoms with E-state index in [1.54, 1.807) is 11.8 Å². The number of nitrogens with zero attached hydrogens (tertiary/aromatic N) is 3. The number of fused-ring (bicyclic) bond motifs is 1. The molecular formula is C19H23FN4O3. The molecule has 0 saturated carbocycles. The van der Waals surface area contributed by atoms with Crippen molar-refractivity contribution in [1.82, 2.24) is 14.5 Å². The number of likely N-dealkylation sites (N-methyl/N-ethyl adjacent to an activating group) is 1. The van der Waals surface area contributed by atoms with Gasteiger partial charge in [-0.2, -0.15) is 0 Å². The molecule has 3 rings (SSSR count). The van der Waals surface area contributed by atoms with Gasteiger partial charge in [0, 0.05) is 19.7 Å². The minimum absolute atomic E-state index is 0.218. The first kappa shape index (κ1) is 18.9. The number of pyridine rings is 1. The van der Waals surface area contributed by atoms with Crippen molar-refractivity contribution >= 4 is 10.9 Å². The third-order valence-corrected chi connectivity index (χ3v) is 4.56. The van der Waals surface area contributed by atoms with E-state index in [4.69, 9.17) is 4.74 Å². The maximum absolute atomic E-state index is 13.2. The van der Waals surface area contributed by atoms with Crippen LogP contribution in [-0.2, 0) is 11.2 Å². The van der Waals surface area contributed by atoms with Gasteiger partial charge in [0.25, 0.3) is 11.1 Å². The average Bonchev–Trinajstić information content (AvgIpc) is 2.99. The number of hydrogen-bond donors (Lipinski definition) is 1. The van der Waals surface area contributed by atoms with Gasteiger partial charge in [-0.3, -0.25) is 14.7 Å². The minimum Gasteiger partial charge on any atom is -0.383 e. The number of benzene rings is 1. The second-order valence-corrected chi connectivity index (χ2v) is 6.15. The summed E-state index contributed by atoms with van der Waals surface area (Å²) >= 11 is 0. The molecule has 0 spiro atoms. The highest BCUT2D eigenvalue weighted by Gasteiger charge is 2.19. The number of halogens is 1. The fourth-order valence-electron chi connectivity index (χ4n) is 3.27. The lowest BCUT2D eigenvalue weighted by Crippen LogP contribution is -2.45. The number of H-pyrrole nitrogens is 1. The van der Waals surface area contributed by atoms with Crippen molar-refractivity contribution in [2.24, 2.45) is 0 Å². The normalized spacial score (nSPS) is 11.3. The van der Waals surface area contributed by atoms with Crippen LogP contribution in [0.3, 0.4) is 0 Å². The number of aromatic amines is 1. The molecule has 2 heterocycles. The number of hydrogen-bond acceptors (Lipinski definition) is 4. The van der Waals surface area contributed by atoms with Gasteiger partial charge in [-0.05, 0) is 37.6 Å². The second kappa shape index (κ2) is 7.79. The zero-order valence-corrected chi connectivity index (χ0v) is 15.7. The van der Waals surface area contributed by atoms with Crippen LogP contribution in [0.2, 0.25) is 0 Å². The molecule has 0 amide bonds. The summed E-state index contributed by atoms with van der Waals surface area (Å²) in [6.07, 6.45) is 0.507. The summed E-state index contributed by atoms with van der Waals surface area (Å²) in [7, 11) is 1.61. The predicted octanol–water partition coefficient (Wildman–Crippen LogP) is 1.79. The lowest BCUT2D eigenvalue weighted by Gasteiger charge is -2.27. The lowest BCUT2D eigenvalue weighted by molar-refractivity contribution is 0.199. The number of methoxy groups -OCH3 is 1. The van der Waals surface area contributed by atoms with Crippen LogP contribution in [0.1, 0.15) is 19.5 Å². The van der Waals surface area contributed by atoms with Crippen molar-refractivity contribution < 1.29 is 9.13 Å². The molecule has 8 heteroatoms. The van der Waals surface area contributed by atoms with E-state index in [1.807, 2.05) is 18.9 Å². The number of aromatic nitrogens is 3. The molecule has 0 fully saturated rings. The first-order chi connectivity index (χ1) is 13.0. The number of nitrogens with one attached hydrogen (secondary N) is 1. The molecule has 0 aliphatic rings. The molecule has 0 saturated heterocycles. The average molecular weight is 374 g/mol. The quantitative estimate of drug-likeness (QED) is 0.684. The largest absolute Gasteiger partial charge is 0.383 e. The lowest BCUT2D eigenvalue weighted by atomic mass is 10.2. The molecule has 27 heavy (non-hydrogen) atoms. The molecule has 0 atom stereocenters. The van der Waals surface area contributed by atoms with Gasteiger partial charge in [0.2, 0.25) is 0 Å². The highest BCUT2D eigenvalue weighted by molar-refractivity contribution is 5.81. The van der Waals surface area contributed by atoms with E-state index in [0.29, 0.717) is 48.4 Å². The summed E-state index contributed by atoms with van der Waals surface area (Å²) in [6.45, 7) is 5.44. The molecule has 2 aromatic heterocycles. The summed E-state index contributed by atoms with van der Waals surface area (Å²) < 4.78 is 21.2. The van der Waals surface area contributed by atoms with Gasteiger partial charge in [-0.1, -0.05) is 6.92 Å². The van der Waals surface area contributed by atoms with Gasteiger partial charge in [0.05, 0.1) is 35.4 Å². The first-order valence-electron chi connectivity index (χ1n) is 8.91. The predicted molar refractivity (Wildman–Crippen MR) is 103 cm³/mol. The maximum atomic E-state index is 13.2. The molecule has 1 aromatic carbocycles. The van der Waals surface area contributed by atoms with E-state index in [9.17, 15) is 14.0 Å². The topological polar surface area (TPSA) is 72.3 Å². The Morgan fingerprint density at radius 1 is 1.19 bits per heavy atom. The van der Waals surface area contributed by atoms with Crippen LogP contribution < -0.4 is 16.1 Å². The van der Waals surface area contributed by atoms with Crippen molar-refractivity contribution in [2.75, 3.05) is 31.8 Å². The standard InChI is InChI=1S/C19H23FN4O3/c1-4-16-18-15(12-17(25)24(16)22(5-2)10-11-27-3)21-23(19(18)26)14-8-6-13(20)7-9-14/h6-9,12,21H,4-5,10-11H2,1-3H3. The van der Waals surface area contributed by atoms with E-state index < -0.39 is 0 Å². The summed E-state index contributed by atoms with van der Waals surface area (Å²) in [5.41, 5.74) is 1.11. The third-order valence-electron chi connectivity index (χ3n) is 4.56. The first-order valence-corrected chi connectivity index (χ1v) is 8.91. The fraction of sp³-hybridized carbons (Fsp3) is 0.368. The van der Waals surface area contributed by atoms with Crippen molar-refractivity contribution in [2.45, 2.75) is 20.3 Å². The van der Waals surface area contributed by atoms with Crippen LogP contribution in [0, 0.1) is 5.82 Å². The zero-order valence-electron chi connectivity index (χ0n) is 15.7. The van der Waals surface area contributed by atoms with Crippen LogP contribution >= 0.6 is 0 Å². The minimum atomic E-state index is -0.381. The van der Waals surface area contributed by atoms with E-state index in [1.165, 1.54) is 35.0 Å². The van der Waals surface area contributed by atoms with Crippen molar-refractivity contribution in [1.29, 1.82) is 0 Å². The van der Waals surface area contributed by atoms with Gasteiger partial charge < -0.3 is 9.75 Å². The van der Waals surface area contributed by atoms with Gasteiger partial charge >= 0.3 is 0 Å². The molecule has 144 valence electrons. The van der Waals surface area contributed by atoms with Crippen molar-refractivity contribution in [3.63, 3.8) is 0 Å². The highest BCUT2D eigenvalue weighted by atomic mass is 19.1. The summed E-state index contributed by atoms with van der Waals surface area (Å²) in [4.78, 5) is 25.8. The van der Waals surface area contributed by atoms with Gasteiger partial charge in [-0.25, -0.2) is 13.7 Å². The van der Waals surface area contributed by atoms with Crippen molar-refractivity contribution in [3.8, 4) is 5.69 Å².